The molecule has 0 saturated heterocycles. The van der Waals surface area contributed by atoms with Gasteiger partial charge in [-0.15, -0.1) is 13.1 Å². The summed E-state index contributed by atoms with van der Waals surface area (Å²) in [6, 6.07) is 8.08. The number of ether oxygens (including phenoxy) is 1. The first-order valence-electron chi connectivity index (χ1n) is 10.9. The molecule has 5 rings (SSSR count). The molecule has 0 radical (unpaired) electrons. The zero-order chi connectivity index (χ0) is 23.7. The number of rotatable bonds is 1. The van der Waals surface area contributed by atoms with Gasteiger partial charge in [-0.3, -0.25) is 4.99 Å². The zero-order valence-electron chi connectivity index (χ0n) is 18.8. The summed E-state index contributed by atoms with van der Waals surface area (Å²) in [5.41, 5.74) is 10.9. The average Bonchev–Trinajstić information content (AvgIpc) is 3.44. The van der Waals surface area contributed by atoms with Crippen LogP contribution in [0.4, 0.5) is 15.5 Å². The van der Waals surface area contributed by atoms with Crippen LogP contribution in [0.5, 0.6) is 5.88 Å². The van der Waals surface area contributed by atoms with Crippen molar-refractivity contribution in [3.8, 4) is 17.0 Å². The number of fused-ring (bicyclic) bond motifs is 8. The summed E-state index contributed by atoms with van der Waals surface area (Å²) in [5.74, 6) is 0.793. The molecule has 1 aliphatic heterocycles. The molecular formula is C23H24FN7OS2. The number of anilines is 2. The molecule has 4 bridgehead atoms. The molecule has 3 heterocycles. The van der Waals surface area contributed by atoms with Gasteiger partial charge in [-0.05, 0) is 73.7 Å². The molecule has 1 aliphatic carbocycles. The van der Waals surface area contributed by atoms with Crippen LogP contribution in [0.1, 0.15) is 31.4 Å². The smallest absolute Gasteiger partial charge is 0.239 e. The fourth-order valence-electron chi connectivity index (χ4n) is 4.01. The van der Waals surface area contributed by atoms with Crippen LogP contribution in [0.3, 0.4) is 0 Å². The van der Waals surface area contributed by atoms with Gasteiger partial charge in [0, 0.05) is 24.0 Å². The van der Waals surface area contributed by atoms with Crippen LogP contribution in [0, 0.1) is 0 Å². The Morgan fingerprint density at radius 1 is 1.26 bits per heavy atom. The topological polar surface area (TPSA) is 103 Å². The summed E-state index contributed by atoms with van der Waals surface area (Å²) in [7, 11) is 0. The predicted octanol–water partition coefficient (Wildman–Crippen LogP) is 5.09. The van der Waals surface area contributed by atoms with Gasteiger partial charge in [-0.1, -0.05) is 12.1 Å². The Labute approximate surface area is 205 Å². The van der Waals surface area contributed by atoms with Crippen molar-refractivity contribution in [3.63, 3.8) is 0 Å². The van der Waals surface area contributed by atoms with E-state index >= 15 is 0 Å². The molecule has 0 unspecified atom stereocenters. The van der Waals surface area contributed by atoms with Crippen LogP contribution in [-0.2, 0) is 12.8 Å². The lowest BCUT2D eigenvalue weighted by Crippen LogP contribution is -2.26. The van der Waals surface area contributed by atoms with Crippen molar-refractivity contribution in [1.29, 1.82) is 0 Å². The molecule has 0 atom stereocenters. The standard InChI is InChI=1S/C23H24FN7OS2/c1-23(2)13-32-19-12-15(8-10-26-19)17-7-6-14-4-3-5-16(14)20(17)28-21-29-22(30-31(21)34-24)33-18(25)9-11-27-23/h6-12H,3-5,13,25H2,1-2H3,(H,28,29,30)/b18-9+,27-11?. The van der Waals surface area contributed by atoms with E-state index in [0.717, 1.165) is 51.9 Å². The van der Waals surface area contributed by atoms with E-state index in [9.17, 15) is 3.89 Å². The number of nitrogens with one attached hydrogen (secondary N) is 1. The number of benzene rings is 1. The molecule has 0 fully saturated rings. The van der Waals surface area contributed by atoms with Gasteiger partial charge in [-0.25, -0.2) is 4.98 Å². The average molecular weight is 498 g/mol. The van der Waals surface area contributed by atoms with Gasteiger partial charge >= 0.3 is 0 Å². The van der Waals surface area contributed by atoms with Crippen LogP contribution < -0.4 is 15.8 Å². The lowest BCUT2D eigenvalue weighted by molar-refractivity contribution is 0.237. The van der Waals surface area contributed by atoms with Gasteiger partial charge in [0.25, 0.3) is 0 Å². The minimum absolute atomic E-state index is 0.0190. The normalized spacial score (nSPS) is 18.6. The van der Waals surface area contributed by atoms with Crippen molar-refractivity contribution in [1.82, 2.24) is 19.2 Å². The van der Waals surface area contributed by atoms with Crippen molar-refractivity contribution >= 4 is 41.9 Å². The molecular weight excluding hydrogens is 473 g/mol. The third kappa shape index (κ3) is 4.76. The number of aliphatic imine (C=N–C) groups is 1. The Hall–Kier alpha value is -3.05. The lowest BCUT2D eigenvalue weighted by atomic mass is 9.98. The summed E-state index contributed by atoms with van der Waals surface area (Å²) in [4.78, 5) is 13.4. The van der Waals surface area contributed by atoms with E-state index in [0.29, 0.717) is 22.7 Å². The summed E-state index contributed by atoms with van der Waals surface area (Å²) in [5, 5.41) is 8.37. The molecule has 0 spiro atoms. The minimum Gasteiger partial charge on any atom is -0.475 e. The monoisotopic (exact) mass is 497 g/mol. The van der Waals surface area contributed by atoms with E-state index < -0.39 is 5.54 Å². The Kier molecular flexibility index (Phi) is 6.22. The van der Waals surface area contributed by atoms with Crippen molar-refractivity contribution in [2.75, 3.05) is 11.9 Å². The van der Waals surface area contributed by atoms with E-state index in [1.165, 1.54) is 11.1 Å². The number of aromatic nitrogens is 4. The van der Waals surface area contributed by atoms with E-state index in [2.05, 4.69) is 37.5 Å². The van der Waals surface area contributed by atoms with Crippen LogP contribution in [-0.4, -0.2) is 37.5 Å². The third-order valence-electron chi connectivity index (χ3n) is 5.64. The Morgan fingerprint density at radius 2 is 2.15 bits per heavy atom. The molecule has 3 N–H and O–H groups in total. The highest BCUT2D eigenvalue weighted by atomic mass is 32.2. The quantitative estimate of drug-likeness (QED) is 0.479. The Bertz CT molecular complexity index is 1290. The first-order valence-corrected chi connectivity index (χ1v) is 12.4. The van der Waals surface area contributed by atoms with Crippen LogP contribution >= 0.6 is 24.1 Å². The largest absolute Gasteiger partial charge is 0.475 e. The highest BCUT2D eigenvalue weighted by Crippen LogP contribution is 2.40. The molecule has 0 amide bonds. The second-order valence-corrected chi connectivity index (χ2v) is 10.2. The maximum Gasteiger partial charge on any atom is 0.239 e. The maximum absolute atomic E-state index is 13.8. The van der Waals surface area contributed by atoms with Gasteiger partial charge in [-0.2, -0.15) is 4.98 Å². The lowest BCUT2D eigenvalue weighted by Gasteiger charge is -2.20. The van der Waals surface area contributed by atoms with Crippen LogP contribution in [0.15, 0.2) is 51.7 Å². The molecule has 8 nitrogen and oxygen atoms in total. The number of hydrogen-bond acceptors (Lipinski definition) is 9. The number of halogens is 1. The van der Waals surface area contributed by atoms with E-state index in [-0.39, 0.29) is 18.3 Å². The SMILES string of the molecule is CC1(C)COc2cc(ccn2)-c2ccc3c(c2Nc2nc(nn2SF)S/C(N)=C/C=N1)CCC3. The minimum atomic E-state index is -0.495. The molecule has 2 aliphatic rings. The van der Waals surface area contributed by atoms with Gasteiger partial charge in [0.2, 0.25) is 17.0 Å². The molecule has 2 aromatic heterocycles. The van der Waals surface area contributed by atoms with Gasteiger partial charge in [0.15, 0.2) is 12.3 Å². The fourth-order valence-corrected chi connectivity index (χ4v) is 4.91. The number of aryl methyl sites for hydroxylation is 1. The Morgan fingerprint density at radius 3 is 3.00 bits per heavy atom. The summed E-state index contributed by atoms with van der Waals surface area (Å²) in [6.07, 6.45) is 8.04. The summed E-state index contributed by atoms with van der Waals surface area (Å²) >= 11 is 1.12. The Balaban J connectivity index is 1.66. The number of nitrogens with zero attached hydrogens (tertiary/aromatic N) is 5. The van der Waals surface area contributed by atoms with Gasteiger partial charge in [0.1, 0.15) is 6.61 Å². The maximum atomic E-state index is 13.8. The van der Waals surface area contributed by atoms with Gasteiger partial charge < -0.3 is 15.8 Å². The number of hydrogen-bond donors (Lipinski definition) is 2. The molecule has 176 valence electrons. The van der Waals surface area contributed by atoms with Crippen LogP contribution in [0.2, 0.25) is 0 Å². The zero-order valence-corrected chi connectivity index (χ0v) is 20.4. The van der Waals surface area contributed by atoms with Crippen LogP contribution in [0.25, 0.3) is 11.1 Å². The molecule has 11 heteroatoms. The first-order chi connectivity index (χ1) is 16.4. The number of thioether (sulfide) groups is 1. The highest BCUT2D eigenvalue weighted by molar-refractivity contribution is 8.02. The second kappa shape index (κ2) is 9.30. The van der Waals surface area contributed by atoms with Crippen molar-refractivity contribution in [2.45, 2.75) is 43.8 Å². The van der Waals surface area contributed by atoms with Crippen molar-refractivity contribution in [3.05, 3.63) is 52.7 Å². The van der Waals surface area contributed by atoms with E-state index in [4.69, 9.17) is 10.5 Å². The fraction of sp³-hybridized carbons (Fsp3) is 0.304. The molecule has 0 saturated carbocycles. The van der Waals surface area contributed by atoms with E-state index in [1.54, 1.807) is 18.5 Å². The molecule has 1 aromatic carbocycles. The predicted molar refractivity (Wildman–Crippen MR) is 135 cm³/mol. The second-order valence-electron chi connectivity index (χ2n) is 8.70. The summed E-state index contributed by atoms with van der Waals surface area (Å²) < 4.78 is 20.9. The van der Waals surface area contributed by atoms with Crippen molar-refractivity contribution < 1.29 is 8.62 Å². The molecule has 3 aromatic rings. The van der Waals surface area contributed by atoms with Crippen molar-refractivity contribution in [2.24, 2.45) is 10.7 Å². The molecule has 34 heavy (non-hydrogen) atoms. The number of nitrogens with two attached hydrogens (primary N) is 1. The summed E-state index contributed by atoms with van der Waals surface area (Å²) in [6.45, 7) is 4.28. The number of allylic oxidation sites excluding steroid dienone is 1. The van der Waals surface area contributed by atoms with E-state index in [1.807, 2.05) is 26.0 Å². The van der Waals surface area contributed by atoms with Gasteiger partial charge in [0.05, 0.1) is 16.3 Å². The number of pyridine rings is 1. The first kappa shape index (κ1) is 22.7. The highest BCUT2D eigenvalue weighted by Gasteiger charge is 2.23. The third-order valence-corrected chi connectivity index (χ3v) is 6.75.